The van der Waals surface area contributed by atoms with Crippen molar-refractivity contribution in [1.82, 2.24) is 14.8 Å². The number of anilines is 1. The first-order chi connectivity index (χ1) is 14.4. The fourth-order valence-electron chi connectivity index (χ4n) is 2.99. The third-order valence-electron chi connectivity index (χ3n) is 4.39. The van der Waals surface area contributed by atoms with Gasteiger partial charge in [-0.1, -0.05) is 73.1 Å². The van der Waals surface area contributed by atoms with Gasteiger partial charge in [0.1, 0.15) is 0 Å². The number of benzene rings is 2. The van der Waals surface area contributed by atoms with Crippen molar-refractivity contribution in [2.75, 3.05) is 11.1 Å². The number of amides is 1. The SMILES string of the molecule is C=CCn1c(SCC(=O)Nc2ccccc2C(C)C)nnc1-c1ccc(Cl)cc1Cl. The molecule has 0 bridgehead atoms. The molecule has 2 aromatic carbocycles. The van der Waals surface area contributed by atoms with Crippen LogP contribution < -0.4 is 5.32 Å². The molecule has 0 atom stereocenters. The van der Waals surface area contributed by atoms with Crippen LogP contribution in [-0.2, 0) is 11.3 Å². The number of nitrogens with one attached hydrogen (secondary N) is 1. The van der Waals surface area contributed by atoms with Gasteiger partial charge in [-0.25, -0.2) is 0 Å². The minimum atomic E-state index is -0.104. The quantitative estimate of drug-likeness (QED) is 0.316. The molecule has 156 valence electrons. The van der Waals surface area contributed by atoms with E-state index in [-0.39, 0.29) is 11.7 Å². The average Bonchev–Trinajstić information content (AvgIpc) is 3.09. The molecule has 1 amide bonds. The Bertz CT molecular complexity index is 1070. The normalized spacial score (nSPS) is 11.0. The molecule has 0 radical (unpaired) electrons. The molecule has 0 spiro atoms. The van der Waals surface area contributed by atoms with E-state index in [1.165, 1.54) is 11.8 Å². The zero-order chi connectivity index (χ0) is 21.7. The van der Waals surface area contributed by atoms with Crippen LogP contribution in [0.1, 0.15) is 25.3 Å². The van der Waals surface area contributed by atoms with Crippen molar-refractivity contribution < 1.29 is 4.79 Å². The summed E-state index contributed by atoms with van der Waals surface area (Å²) in [5.74, 6) is 1.02. The van der Waals surface area contributed by atoms with Crippen molar-refractivity contribution in [3.63, 3.8) is 0 Å². The molecular formula is C22H22Cl2N4OS. The molecule has 5 nitrogen and oxygen atoms in total. The van der Waals surface area contributed by atoms with Crippen molar-refractivity contribution in [1.29, 1.82) is 0 Å². The summed E-state index contributed by atoms with van der Waals surface area (Å²) >= 11 is 13.7. The fraction of sp³-hybridized carbons (Fsp3) is 0.227. The number of rotatable bonds is 8. The van der Waals surface area contributed by atoms with Crippen LogP contribution in [0.15, 0.2) is 60.3 Å². The van der Waals surface area contributed by atoms with Crippen LogP contribution in [0.2, 0.25) is 10.0 Å². The first-order valence-electron chi connectivity index (χ1n) is 9.41. The van der Waals surface area contributed by atoms with Crippen LogP contribution in [0, 0.1) is 0 Å². The van der Waals surface area contributed by atoms with E-state index in [4.69, 9.17) is 23.2 Å². The van der Waals surface area contributed by atoms with Crippen molar-refractivity contribution in [3.05, 3.63) is 70.7 Å². The second-order valence-electron chi connectivity index (χ2n) is 6.91. The van der Waals surface area contributed by atoms with E-state index in [0.717, 1.165) is 16.8 Å². The number of hydrogen-bond acceptors (Lipinski definition) is 4. The summed E-state index contributed by atoms with van der Waals surface area (Å²) in [7, 11) is 0. The maximum atomic E-state index is 12.6. The average molecular weight is 461 g/mol. The standard InChI is InChI=1S/C22H22Cl2N4OS/c1-4-11-28-21(17-10-9-15(23)12-18(17)24)26-27-22(28)30-13-20(29)25-19-8-6-5-7-16(19)14(2)3/h4-10,12,14H,1,11,13H2,2-3H3,(H,25,29). The van der Waals surface area contributed by atoms with E-state index in [1.54, 1.807) is 24.3 Å². The summed E-state index contributed by atoms with van der Waals surface area (Å²) in [4.78, 5) is 12.6. The topological polar surface area (TPSA) is 59.8 Å². The number of thioether (sulfide) groups is 1. The Labute approximate surface area is 190 Å². The second-order valence-corrected chi connectivity index (χ2v) is 8.69. The molecule has 0 saturated heterocycles. The summed E-state index contributed by atoms with van der Waals surface area (Å²) in [5, 5.41) is 13.2. The third kappa shape index (κ3) is 5.25. The molecule has 0 fully saturated rings. The lowest BCUT2D eigenvalue weighted by Gasteiger charge is -2.13. The Morgan fingerprint density at radius 3 is 2.70 bits per heavy atom. The highest BCUT2D eigenvalue weighted by molar-refractivity contribution is 7.99. The summed E-state index contributed by atoms with van der Waals surface area (Å²) in [6.45, 7) is 8.49. The van der Waals surface area contributed by atoms with E-state index < -0.39 is 0 Å². The van der Waals surface area contributed by atoms with Gasteiger partial charge in [0.05, 0.1) is 10.8 Å². The molecule has 3 aromatic rings. The molecular weight excluding hydrogens is 439 g/mol. The number of para-hydroxylation sites is 1. The van der Waals surface area contributed by atoms with E-state index >= 15 is 0 Å². The van der Waals surface area contributed by atoms with Crippen molar-refractivity contribution in [2.45, 2.75) is 31.5 Å². The second kappa shape index (κ2) is 10.2. The predicted molar refractivity (Wildman–Crippen MR) is 126 cm³/mol. The van der Waals surface area contributed by atoms with Gasteiger partial charge in [0.2, 0.25) is 5.91 Å². The maximum absolute atomic E-state index is 12.6. The molecule has 8 heteroatoms. The van der Waals surface area contributed by atoms with Gasteiger partial charge in [0.15, 0.2) is 11.0 Å². The Kier molecular flexibility index (Phi) is 7.58. The Morgan fingerprint density at radius 2 is 2.00 bits per heavy atom. The van der Waals surface area contributed by atoms with Crippen LogP contribution in [0.25, 0.3) is 11.4 Å². The Hall–Kier alpha value is -2.28. The van der Waals surface area contributed by atoms with Crippen LogP contribution in [0.4, 0.5) is 5.69 Å². The van der Waals surface area contributed by atoms with Crippen molar-refractivity contribution in [3.8, 4) is 11.4 Å². The molecule has 1 aromatic heterocycles. The van der Waals surface area contributed by atoms with Gasteiger partial charge in [-0.15, -0.1) is 16.8 Å². The summed E-state index contributed by atoms with van der Waals surface area (Å²) in [5.41, 5.74) is 2.65. The van der Waals surface area contributed by atoms with Crippen LogP contribution in [0.5, 0.6) is 0 Å². The number of carbonyl (C=O) groups is 1. The first-order valence-corrected chi connectivity index (χ1v) is 11.2. The van der Waals surface area contributed by atoms with Gasteiger partial charge in [-0.3, -0.25) is 9.36 Å². The summed E-state index contributed by atoms with van der Waals surface area (Å²) in [6.07, 6.45) is 1.75. The van der Waals surface area contributed by atoms with E-state index in [9.17, 15) is 4.79 Å². The van der Waals surface area contributed by atoms with Gasteiger partial charge in [0.25, 0.3) is 0 Å². The van der Waals surface area contributed by atoms with Crippen molar-refractivity contribution in [2.24, 2.45) is 0 Å². The van der Waals surface area contributed by atoms with Crippen LogP contribution in [-0.4, -0.2) is 26.4 Å². The molecule has 0 saturated carbocycles. The lowest BCUT2D eigenvalue weighted by molar-refractivity contribution is -0.113. The highest BCUT2D eigenvalue weighted by Gasteiger charge is 2.17. The minimum absolute atomic E-state index is 0.104. The molecule has 3 rings (SSSR count). The number of hydrogen-bond donors (Lipinski definition) is 1. The van der Waals surface area contributed by atoms with Crippen LogP contribution in [0.3, 0.4) is 0 Å². The molecule has 1 heterocycles. The van der Waals surface area contributed by atoms with Gasteiger partial charge in [-0.2, -0.15) is 0 Å². The highest BCUT2D eigenvalue weighted by Crippen LogP contribution is 2.31. The smallest absolute Gasteiger partial charge is 0.234 e. The minimum Gasteiger partial charge on any atom is -0.325 e. The van der Waals surface area contributed by atoms with Gasteiger partial charge in [-0.05, 0) is 35.7 Å². The lowest BCUT2D eigenvalue weighted by Crippen LogP contribution is -2.16. The largest absolute Gasteiger partial charge is 0.325 e. The van der Waals surface area contributed by atoms with E-state index in [0.29, 0.717) is 33.5 Å². The molecule has 1 N–H and O–H groups in total. The Morgan fingerprint density at radius 1 is 1.23 bits per heavy atom. The van der Waals surface area contributed by atoms with Crippen LogP contribution >= 0.6 is 35.0 Å². The monoisotopic (exact) mass is 460 g/mol. The third-order valence-corrected chi connectivity index (χ3v) is 5.90. The fourth-order valence-corrected chi connectivity index (χ4v) is 4.23. The molecule has 30 heavy (non-hydrogen) atoms. The number of aromatic nitrogens is 3. The van der Waals surface area contributed by atoms with Gasteiger partial charge >= 0.3 is 0 Å². The lowest BCUT2D eigenvalue weighted by atomic mass is 10.0. The summed E-state index contributed by atoms with van der Waals surface area (Å²) < 4.78 is 1.88. The number of halogens is 2. The Balaban J connectivity index is 1.76. The number of allylic oxidation sites excluding steroid dienone is 1. The van der Waals surface area contributed by atoms with E-state index in [1.807, 2.05) is 28.8 Å². The molecule has 0 aliphatic heterocycles. The first kappa shape index (κ1) is 22.4. The van der Waals surface area contributed by atoms with Crippen molar-refractivity contribution >= 4 is 46.6 Å². The zero-order valence-electron chi connectivity index (χ0n) is 16.7. The molecule has 0 aliphatic rings. The highest BCUT2D eigenvalue weighted by atomic mass is 35.5. The van der Waals surface area contributed by atoms with E-state index in [2.05, 4.69) is 35.9 Å². The van der Waals surface area contributed by atoms with Gasteiger partial charge in [0, 0.05) is 22.8 Å². The maximum Gasteiger partial charge on any atom is 0.234 e. The van der Waals surface area contributed by atoms with Gasteiger partial charge < -0.3 is 5.32 Å². The predicted octanol–water partition coefficient (Wildman–Crippen LogP) is 6.29. The summed E-state index contributed by atoms with van der Waals surface area (Å²) in [6, 6.07) is 13.0. The molecule has 0 aliphatic carbocycles. The molecule has 0 unspecified atom stereocenters. The zero-order valence-corrected chi connectivity index (χ0v) is 19.1. The number of carbonyl (C=O) groups excluding carboxylic acids is 1. The number of nitrogens with zero attached hydrogens (tertiary/aromatic N) is 3.